The first-order chi connectivity index (χ1) is 11.2. The highest BCUT2D eigenvalue weighted by Crippen LogP contribution is 2.17. The Labute approximate surface area is 134 Å². The maximum absolute atomic E-state index is 12.3. The summed E-state index contributed by atoms with van der Waals surface area (Å²) < 4.78 is 1.93. The number of nitrogens with zero attached hydrogens (tertiary/aromatic N) is 3. The van der Waals surface area contributed by atoms with Gasteiger partial charge < -0.3 is 9.88 Å². The molecule has 1 heterocycles. The molecular formula is C18H16N4O. The number of nitrogens with one attached hydrogen (secondary N) is 1. The monoisotopic (exact) mass is 304 g/mol. The van der Waals surface area contributed by atoms with Crippen molar-refractivity contribution in [2.75, 3.05) is 5.32 Å². The maximum atomic E-state index is 12.3. The third-order valence-corrected chi connectivity index (χ3v) is 3.63. The van der Waals surface area contributed by atoms with E-state index >= 15 is 0 Å². The van der Waals surface area contributed by atoms with E-state index < -0.39 is 0 Å². The zero-order valence-corrected chi connectivity index (χ0v) is 12.8. The Morgan fingerprint density at radius 2 is 2.09 bits per heavy atom. The Balaban J connectivity index is 1.84. The molecule has 1 N–H and O–H groups in total. The SMILES string of the molecule is CCc1nc2ccccc2n1CC(=O)Nc1cccc(C#N)c1. The number of fused-ring (bicyclic) bond motifs is 1. The summed E-state index contributed by atoms with van der Waals surface area (Å²) in [6.07, 6.45) is 0.756. The molecular weight excluding hydrogens is 288 g/mol. The molecule has 0 unspecified atom stereocenters. The van der Waals surface area contributed by atoms with Gasteiger partial charge in [-0.3, -0.25) is 4.79 Å². The quantitative estimate of drug-likeness (QED) is 0.805. The maximum Gasteiger partial charge on any atom is 0.244 e. The Morgan fingerprint density at radius 1 is 1.26 bits per heavy atom. The zero-order chi connectivity index (χ0) is 16.2. The molecule has 0 fully saturated rings. The molecule has 114 valence electrons. The van der Waals surface area contributed by atoms with Crippen molar-refractivity contribution in [2.45, 2.75) is 19.9 Å². The molecule has 0 atom stereocenters. The fraction of sp³-hybridized carbons (Fsp3) is 0.167. The Kier molecular flexibility index (Phi) is 4.07. The fourth-order valence-electron chi connectivity index (χ4n) is 2.58. The van der Waals surface area contributed by atoms with Crippen LogP contribution in [0.2, 0.25) is 0 Å². The first-order valence-electron chi connectivity index (χ1n) is 7.45. The van der Waals surface area contributed by atoms with Crippen LogP contribution in [0.15, 0.2) is 48.5 Å². The van der Waals surface area contributed by atoms with Crippen molar-refractivity contribution in [3.05, 3.63) is 59.9 Å². The molecule has 0 aliphatic rings. The summed E-state index contributed by atoms with van der Waals surface area (Å²) in [7, 11) is 0. The van der Waals surface area contributed by atoms with E-state index in [0.29, 0.717) is 11.3 Å². The molecule has 0 aliphatic carbocycles. The number of anilines is 1. The number of aryl methyl sites for hydroxylation is 1. The highest BCUT2D eigenvalue weighted by atomic mass is 16.1. The number of aromatic nitrogens is 2. The van der Waals surface area contributed by atoms with Crippen LogP contribution in [0.1, 0.15) is 18.3 Å². The van der Waals surface area contributed by atoms with Gasteiger partial charge in [0.2, 0.25) is 5.91 Å². The lowest BCUT2D eigenvalue weighted by Gasteiger charge is -2.09. The van der Waals surface area contributed by atoms with Crippen molar-refractivity contribution in [1.82, 2.24) is 9.55 Å². The van der Waals surface area contributed by atoms with Gasteiger partial charge in [0.1, 0.15) is 12.4 Å². The number of nitriles is 1. The predicted molar refractivity (Wildman–Crippen MR) is 88.9 cm³/mol. The number of amides is 1. The Bertz CT molecular complexity index is 905. The highest BCUT2D eigenvalue weighted by molar-refractivity contribution is 5.91. The Hall–Kier alpha value is -3.13. The van der Waals surface area contributed by atoms with Crippen molar-refractivity contribution in [3.8, 4) is 6.07 Å². The summed E-state index contributed by atoms with van der Waals surface area (Å²) in [5.41, 5.74) is 2.98. The molecule has 1 amide bonds. The number of benzene rings is 2. The molecule has 0 saturated carbocycles. The number of rotatable bonds is 4. The van der Waals surface area contributed by atoms with Crippen molar-refractivity contribution in [2.24, 2.45) is 0 Å². The second kappa shape index (κ2) is 6.32. The van der Waals surface area contributed by atoms with Crippen molar-refractivity contribution in [3.63, 3.8) is 0 Å². The summed E-state index contributed by atoms with van der Waals surface area (Å²) >= 11 is 0. The number of carbonyl (C=O) groups is 1. The molecule has 0 aliphatic heterocycles. The second-order valence-electron chi connectivity index (χ2n) is 5.20. The smallest absolute Gasteiger partial charge is 0.244 e. The van der Waals surface area contributed by atoms with Crippen LogP contribution in [-0.2, 0) is 17.8 Å². The molecule has 2 aromatic carbocycles. The minimum Gasteiger partial charge on any atom is -0.324 e. The number of para-hydroxylation sites is 2. The lowest BCUT2D eigenvalue weighted by atomic mass is 10.2. The van der Waals surface area contributed by atoms with E-state index in [-0.39, 0.29) is 12.5 Å². The van der Waals surface area contributed by atoms with Gasteiger partial charge in [-0.25, -0.2) is 4.98 Å². The molecule has 23 heavy (non-hydrogen) atoms. The number of carbonyl (C=O) groups excluding carboxylic acids is 1. The van der Waals surface area contributed by atoms with E-state index in [2.05, 4.69) is 16.4 Å². The molecule has 3 rings (SSSR count). The average molecular weight is 304 g/mol. The van der Waals surface area contributed by atoms with E-state index in [4.69, 9.17) is 5.26 Å². The van der Waals surface area contributed by atoms with Crippen LogP contribution >= 0.6 is 0 Å². The van der Waals surface area contributed by atoms with Crippen LogP contribution in [0.5, 0.6) is 0 Å². The molecule has 1 aromatic heterocycles. The third-order valence-electron chi connectivity index (χ3n) is 3.63. The van der Waals surface area contributed by atoms with Crippen LogP contribution in [0.4, 0.5) is 5.69 Å². The summed E-state index contributed by atoms with van der Waals surface area (Å²) in [5.74, 6) is 0.741. The number of hydrogen-bond acceptors (Lipinski definition) is 3. The van der Waals surface area contributed by atoms with Gasteiger partial charge >= 0.3 is 0 Å². The normalized spacial score (nSPS) is 10.4. The van der Waals surface area contributed by atoms with Gasteiger partial charge in [-0.1, -0.05) is 25.1 Å². The molecule has 0 bridgehead atoms. The predicted octanol–water partition coefficient (Wildman–Crippen LogP) is 3.11. The van der Waals surface area contributed by atoms with Crippen molar-refractivity contribution < 1.29 is 4.79 Å². The van der Waals surface area contributed by atoms with Crippen molar-refractivity contribution >= 4 is 22.6 Å². The summed E-state index contributed by atoms with van der Waals surface area (Å²) in [5, 5.41) is 11.7. The summed E-state index contributed by atoms with van der Waals surface area (Å²) in [6, 6.07) is 16.7. The van der Waals surface area contributed by atoms with Gasteiger partial charge in [0.05, 0.1) is 22.7 Å². The Morgan fingerprint density at radius 3 is 2.87 bits per heavy atom. The molecule has 3 aromatic rings. The van der Waals surface area contributed by atoms with Gasteiger partial charge in [-0.05, 0) is 30.3 Å². The molecule has 5 nitrogen and oxygen atoms in total. The number of imidazole rings is 1. The lowest BCUT2D eigenvalue weighted by molar-refractivity contribution is -0.116. The largest absolute Gasteiger partial charge is 0.324 e. The van der Waals surface area contributed by atoms with Crippen LogP contribution < -0.4 is 5.32 Å². The van der Waals surface area contributed by atoms with Gasteiger partial charge in [-0.15, -0.1) is 0 Å². The second-order valence-corrected chi connectivity index (χ2v) is 5.20. The van der Waals surface area contributed by atoms with E-state index in [0.717, 1.165) is 23.3 Å². The molecule has 0 radical (unpaired) electrons. The number of hydrogen-bond donors (Lipinski definition) is 1. The molecule has 0 saturated heterocycles. The van der Waals surface area contributed by atoms with E-state index in [1.165, 1.54) is 0 Å². The van der Waals surface area contributed by atoms with Gasteiger partial charge in [0, 0.05) is 12.1 Å². The minimum atomic E-state index is -0.141. The fourth-order valence-corrected chi connectivity index (χ4v) is 2.58. The van der Waals surface area contributed by atoms with Crippen molar-refractivity contribution in [1.29, 1.82) is 5.26 Å². The van der Waals surface area contributed by atoms with Gasteiger partial charge in [0.25, 0.3) is 0 Å². The van der Waals surface area contributed by atoms with Crippen LogP contribution in [0.3, 0.4) is 0 Å². The van der Waals surface area contributed by atoms with Gasteiger partial charge in [-0.2, -0.15) is 5.26 Å². The summed E-state index contributed by atoms with van der Waals surface area (Å²) in [6.45, 7) is 2.21. The zero-order valence-electron chi connectivity index (χ0n) is 12.8. The molecule has 0 spiro atoms. The lowest BCUT2D eigenvalue weighted by Crippen LogP contribution is -2.20. The van der Waals surface area contributed by atoms with E-state index in [1.54, 1.807) is 24.3 Å². The van der Waals surface area contributed by atoms with Gasteiger partial charge in [0.15, 0.2) is 0 Å². The third kappa shape index (κ3) is 3.06. The minimum absolute atomic E-state index is 0.141. The highest BCUT2D eigenvalue weighted by Gasteiger charge is 2.12. The first-order valence-corrected chi connectivity index (χ1v) is 7.45. The van der Waals surface area contributed by atoms with Crippen LogP contribution in [-0.4, -0.2) is 15.5 Å². The van der Waals surface area contributed by atoms with E-state index in [1.807, 2.05) is 35.8 Å². The topological polar surface area (TPSA) is 70.7 Å². The average Bonchev–Trinajstić information content (AvgIpc) is 2.93. The van der Waals surface area contributed by atoms with Crippen LogP contribution in [0.25, 0.3) is 11.0 Å². The van der Waals surface area contributed by atoms with E-state index in [9.17, 15) is 4.79 Å². The van der Waals surface area contributed by atoms with Crippen LogP contribution in [0, 0.1) is 11.3 Å². The first kappa shape index (κ1) is 14.8. The summed E-state index contributed by atoms with van der Waals surface area (Å²) in [4.78, 5) is 16.9. The standard InChI is InChI=1S/C18H16N4O/c1-2-17-21-15-8-3-4-9-16(15)22(17)12-18(23)20-14-7-5-6-13(10-14)11-19/h3-10H,2,12H2,1H3,(H,20,23). The molecule has 5 heteroatoms.